The van der Waals surface area contributed by atoms with Gasteiger partial charge in [0.05, 0.1) is 9.83 Å². The first-order valence-corrected chi connectivity index (χ1v) is 8.33. The minimum absolute atomic E-state index is 0.0346. The van der Waals surface area contributed by atoms with Gasteiger partial charge in [-0.1, -0.05) is 6.92 Å². The Morgan fingerprint density at radius 3 is 2.89 bits per heavy atom. The van der Waals surface area contributed by atoms with Crippen LogP contribution in [0.4, 0.5) is 0 Å². The molecule has 8 heteroatoms. The SMILES string of the molecule is CCCn1ncnc1CC(NN)c1cc(Br)c(Br)s1. The maximum atomic E-state index is 5.67. The van der Waals surface area contributed by atoms with Gasteiger partial charge in [0, 0.05) is 22.3 Å². The van der Waals surface area contributed by atoms with E-state index in [4.69, 9.17) is 5.84 Å². The van der Waals surface area contributed by atoms with Crippen LogP contribution in [0.3, 0.4) is 0 Å². The molecule has 0 amide bonds. The van der Waals surface area contributed by atoms with Crippen molar-refractivity contribution in [3.8, 4) is 0 Å². The number of hydrazine groups is 1. The van der Waals surface area contributed by atoms with Gasteiger partial charge in [-0.3, -0.25) is 16.0 Å². The molecule has 0 fully saturated rings. The minimum atomic E-state index is 0.0346. The molecule has 19 heavy (non-hydrogen) atoms. The number of thiophene rings is 1. The minimum Gasteiger partial charge on any atom is -0.271 e. The van der Waals surface area contributed by atoms with Crippen LogP contribution in [-0.2, 0) is 13.0 Å². The first-order chi connectivity index (χ1) is 9.15. The van der Waals surface area contributed by atoms with Crippen LogP contribution in [0.1, 0.15) is 30.1 Å². The van der Waals surface area contributed by atoms with Gasteiger partial charge in [-0.05, 0) is 44.3 Å². The number of nitrogens with two attached hydrogens (primary N) is 1. The van der Waals surface area contributed by atoms with Gasteiger partial charge in [-0.2, -0.15) is 5.10 Å². The number of rotatable bonds is 6. The summed E-state index contributed by atoms with van der Waals surface area (Å²) in [5.41, 5.74) is 2.85. The highest BCUT2D eigenvalue weighted by Crippen LogP contribution is 2.36. The number of nitrogens with one attached hydrogen (secondary N) is 1. The summed E-state index contributed by atoms with van der Waals surface area (Å²) in [6.07, 6.45) is 3.35. The normalized spacial score (nSPS) is 12.8. The van der Waals surface area contributed by atoms with Crippen molar-refractivity contribution in [2.24, 2.45) is 5.84 Å². The Balaban J connectivity index is 2.16. The Morgan fingerprint density at radius 2 is 2.32 bits per heavy atom. The third-order valence-corrected chi connectivity index (χ3v) is 6.10. The zero-order valence-electron chi connectivity index (χ0n) is 10.4. The smallest absolute Gasteiger partial charge is 0.138 e. The topological polar surface area (TPSA) is 68.8 Å². The maximum Gasteiger partial charge on any atom is 0.138 e. The number of hydrogen-bond donors (Lipinski definition) is 2. The Hall–Kier alpha value is -0.280. The summed E-state index contributed by atoms with van der Waals surface area (Å²) in [4.78, 5) is 5.47. The summed E-state index contributed by atoms with van der Waals surface area (Å²) in [6, 6.07) is 2.10. The Morgan fingerprint density at radius 1 is 1.53 bits per heavy atom. The third kappa shape index (κ3) is 3.63. The second kappa shape index (κ2) is 6.94. The zero-order valence-corrected chi connectivity index (χ0v) is 14.4. The van der Waals surface area contributed by atoms with Gasteiger partial charge in [0.1, 0.15) is 12.2 Å². The van der Waals surface area contributed by atoms with Crippen molar-refractivity contribution in [2.75, 3.05) is 0 Å². The van der Waals surface area contributed by atoms with Crippen LogP contribution in [-0.4, -0.2) is 14.8 Å². The summed E-state index contributed by atoms with van der Waals surface area (Å²) in [5, 5.41) is 4.23. The first kappa shape index (κ1) is 15.1. The van der Waals surface area contributed by atoms with Gasteiger partial charge in [0.15, 0.2) is 0 Å². The molecule has 104 valence electrons. The molecule has 2 rings (SSSR count). The lowest BCUT2D eigenvalue weighted by molar-refractivity contribution is 0.504. The van der Waals surface area contributed by atoms with Crippen LogP contribution >= 0.6 is 43.2 Å². The van der Waals surface area contributed by atoms with Gasteiger partial charge < -0.3 is 0 Å². The lowest BCUT2D eigenvalue weighted by Crippen LogP contribution is -2.30. The molecule has 0 aromatic carbocycles. The predicted octanol–water partition coefficient (Wildman–Crippen LogP) is 3.02. The monoisotopic (exact) mass is 407 g/mol. The summed E-state index contributed by atoms with van der Waals surface area (Å²) < 4.78 is 4.04. The van der Waals surface area contributed by atoms with E-state index in [0.717, 1.165) is 38.3 Å². The van der Waals surface area contributed by atoms with Crippen LogP contribution in [0.25, 0.3) is 0 Å². The molecule has 0 aliphatic rings. The summed E-state index contributed by atoms with van der Waals surface area (Å²) in [7, 11) is 0. The quantitative estimate of drug-likeness (QED) is 0.569. The lowest BCUT2D eigenvalue weighted by atomic mass is 10.1. The fourth-order valence-corrected chi connectivity index (χ4v) is 3.95. The average molecular weight is 409 g/mol. The maximum absolute atomic E-state index is 5.67. The van der Waals surface area contributed by atoms with Crippen LogP contribution in [0, 0.1) is 0 Å². The van der Waals surface area contributed by atoms with E-state index in [0.29, 0.717) is 0 Å². The van der Waals surface area contributed by atoms with Gasteiger partial charge >= 0.3 is 0 Å². The Labute approximate surface area is 132 Å². The van der Waals surface area contributed by atoms with Gasteiger partial charge in [0.2, 0.25) is 0 Å². The zero-order chi connectivity index (χ0) is 13.8. The molecule has 2 aromatic heterocycles. The molecule has 1 unspecified atom stereocenters. The van der Waals surface area contributed by atoms with Crippen LogP contribution in [0.15, 0.2) is 20.7 Å². The molecule has 1 atom stereocenters. The highest BCUT2D eigenvalue weighted by Gasteiger charge is 2.18. The van der Waals surface area contributed by atoms with E-state index in [-0.39, 0.29) is 6.04 Å². The molecule has 0 bridgehead atoms. The molecule has 0 spiro atoms. The highest BCUT2D eigenvalue weighted by atomic mass is 79.9. The summed E-state index contributed by atoms with van der Waals surface area (Å²) in [5.74, 6) is 6.62. The Kier molecular flexibility index (Phi) is 5.52. The van der Waals surface area contributed by atoms with Crippen molar-refractivity contribution < 1.29 is 0 Å². The van der Waals surface area contributed by atoms with Crippen LogP contribution in [0.2, 0.25) is 0 Å². The summed E-state index contributed by atoms with van der Waals surface area (Å²) in [6.45, 7) is 3.00. The number of aromatic nitrogens is 3. The highest BCUT2D eigenvalue weighted by molar-refractivity contribution is 9.13. The van der Waals surface area contributed by atoms with E-state index in [1.807, 2.05) is 4.68 Å². The predicted molar refractivity (Wildman–Crippen MR) is 83.8 cm³/mol. The number of halogens is 2. The molecule has 2 aromatic rings. The van der Waals surface area contributed by atoms with Crippen molar-refractivity contribution in [1.29, 1.82) is 0 Å². The third-order valence-electron chi connectivity index (χ3n) is 2.73. The van der Waals surface area contributed by atoms with E-state index >= 15 is 0 Å². The standard InChI is InChI=1S/C11H15Br2N5S/c1-2-3-18-10(15-6-16-18)5-8(17-14)9-4-7(12)11(13)19-9/h4,6,8,17H,2-3,5,14H2,1H3. The molecule has 0 saturated carbocycles. The fourth-order valence-electron chi connectivity index (χ4n) is 1.80. The average Bonchev–Trinajstić information content (AvgIpc) is 2.95. The van der Waals surface area contributed by atoms with Crippen molar-refractivity contribution in [3.05, 3.63) is 31.4 Å². The van der Waals surface area contributed by atoms with Gasteiger partial charge in [0.25, 0.3) is 0 Å². The number of hydrogen-bond acceptors (Lipinski definition) is 5. The molecular formula is C11H15Br2N5S. The molecular weight excluding hydrogens is 394 g/mol. The Bertz CT molecular complexity index is 519. The lowest BCUT2D eigenvalue weighted by Gasteiger charge is -2.14. The van der Waals surface area contributed by atoms with Crippen molar-refractivity contribution in [2.45, 2.75) is 32.4 Å². The van der Waals surface area contributed by atoms with E-state index in [1.54, 1.807) is 17.7 Å². The van der Waals surface area contributed by atoms with E-state index < -0.39 is 0 Å². The van der Waals surface area contributed by atoms with E-state index in [1.165, 1.54) is 0 Å². The van der Waals surface area contributed by atoms with E-state index in [9.17, 15) is 0 Å². The van der Waals surface area contributed by atoms with Gasteiger partial charge in [-0.15, -0.1) is 11.3 Å². The van der Waals surface area contributed by atoms with Crippen molar-refractivity contribution in [3.63, 3.8) is 0 Å². The van der Waals surface area contributed by atoms with Gasteiger partial charge in [-0.25, -0.2) is 4.98 Å². The molecule has 0 aliphatic carbocycles. The first-order valence-electron chi connectivity index (χ1n) is 5.93. The number of aryl methyl sites for hydroxylation is 1. The molecule has 0 aliphatic heterocycles. The van der Waals surface area contributed by atoms with Crippen LogP contribution < -0.4 is 11.3 Å². The molecule has 0 radical (unpaired) electrons. The molecule has 2 heterocycles. The van der Waals surface area contributed by atoms with Crippen molar-refractivity contribution in [1.82, 2.24) is 20.2 Å². The molecule has 3 N–H and O–H groups in total. The van der Waals surface area contributed by atoms with Crippen molar-refractivity contribution >= 4 is 43.2 Å². The largest absolute Gasteiger partial charge is 0.271 e. The van der Waals surface area contributed by atoms with Crippen LogP contribution in [0.5, 0.6) is 0 Å². The molecule has 0 saturated heterocycles. The molecule has 5 nitrogen and oxygen atoms in total. The second-order valence-electron chi connectivity index (χ2n) is 4.09. The van der Waals surface area contributed by atoms with E-state index in [2.05, 4.69) is 60.4 Å². The second-order valence-corrected chi connectivity index (χ2v) is 7.35. The number of nitrogens with zero attached hydrogens (tertiary/aromatic N) is 3. The fraction of sp³-hybridized carbons (Fsp3) is 0.455. The summed E-state index contributed by atoms with van der Waals surface area (Å²) >= 11 is 8.65.